The average molecular weight is 355 g/mol. The summed E-state index contributed by atoms with van der Waals surface area (Å²) in [5, 5.41) is 11.8. The van der Waals surface area contributed by atoms with E-state index in [1.807, 2.05) is 13.8 Å². The van der Waals surface area contributed by atoms with Gasteiger partial charge in [0.25, 0.3) is 0 Å². The highest BCUT2D eigenvalue weighted by atomic mass is 16.4. The molecule has 144 valence electrons. The number of nitrogens with zero attached hydrogens (tertiary/aromatic N) is 2. The molecule has 1 heterocycles. The molecule has 1 rings (SSSR count). The third-order valence-corrected chi connectivity index (χ3v) is 4.44. The van der Waals surface area contributed by atoms with Crippen LogP contribution in [0.5, 0.6) is 0 Å². The summed E-state index contributed by atoms with van der Waals surface area (Å²) in [5.41, 5.74) is 0. The van der Waals surface area contributed by atoms with E-state index in [2.05, 4.69) is 19.2 Å². The van der Waals surface area contributed by atoms with Crippen LogP contribution < -0.4 is 5.32 Å². The Morgan fingerprint density at radius 1 is 1.24 bits per heavy atom. The van der Waals surface area contributed by atoms with Crippen molar-refractivity contribution in [3.05, 3.63) is 0 Å². The second kappa shape index (κ2) is 10.3. The van der Waals surface area contributed by atoms with Crippen molar-refractivity contribution in [3.63, 3.8) is 0 Å². The SMILES string of the molecule is CC(C)CNC(=O)N1CCCC(CC(=O)N(CCC(=O)O)C(C)C)C1. The van der Waals surface area contributed by atoms with Crippen LogP contribution in [0.15, 0.2) is 0 Å². The van der Waals surface area contributed by atoms with Crippen molar-refractivity contribution in [1.82, 2.24) is 15.1 Å². The number of hydrogen-bond acceptors (Lipinski definition) is 3. The number of aliphatic carboxylic acids is 1. The van der Waals surface area contributed by atoms with E-state index in [1.54, 1.807) is 9.80 Å². The summed E-state index contributed by atoms with van der Waals surface area (Å²) in [5.74, 6) is -0.383. The largest absolute Gasteiger partial charge is 0.481 e. The molecule has 2 N–H and O–H groups in total. The van der Waals surface area contributed by atoms with Crippen LogP contribution in [-0.4, -0.2) is 65.0 Å². The molecule has 7 heteroatoms. The first-order valence-electron chi connectivity index (χ1n) is 9.24. The van der Waals surface area contributed by atoms with Crippen molar-refractivity contribution in [2.75, 3.05) is 26.2 Å². The van der Waals surface area contributed by atoms with E-state index in [-0.39, 0.29) is 36.9 Å². The first-order chi connectivity index (χ1) is 11.7. The predicted molar refractivity (Wildman–Crippen MR) is 96.3 cm³/mol. The minimum atomic E-state index is -0.899. The maximum absolute atomic E-state index is 12.6. The van der Waals surface area contributed by atoms with E-state index in [0.717, 1.165) is 19.4 Å². The number of carbonyl (C=O) groups excluding carboxylic acids is 2. The van der Waals surface area contributed by atoms with Crippen molar-refractivity contribution < 1.29 is 19.5 Å². The smallest absolute Gasteiger partial charge is 0.317 e. The van der Waals surface area contributed by atoms with Crippen molar-refractivity contribution in [1.29, 1.82) is 0 Å². The number of amides is 3. The summed E-state index contributed by atoms with van der Waals surface area (Å²) in [4.78, 5) is 39.0. The number of hydrogen-bond donors (Lipinski definition) is 2. The molecule has 0 aromatic carbocycles. The lowest BCUT2D eigenvalue weighted by Crippen LogP contribution is -2.47. The third-order valence-electron chi connectivity index (χ3n) is 4.44. The van der Waals surface area contributed by atoms with Gasteiger partial charge in [-0.1, -0.05) is 13.8 Å². The molecule has 1 atom stereocenters. The average Bonchev–Trinajstić information content (AvgIpc) is 2.52. The Labute approximate surface area is 150 Å². The molecular formula is C18H33N3O4. The van der Waals surface area contributed by atoms with E-state index in [1.165, 1.54) is 0 Å². The van der Waals surface area contributed by atoms with Crippen LogP contribution >= 0.6 is 0 Å². The van der Waals surface area contributed by atoms with Crippen LogP contribution in [0.1, 0.15) is 53.4 Å². The van der Waals surface area contributed by atoms with Gasteiger partial charge in [0.2, 0.25) is 5.91 Å². The number of rotatable bonds is 8. The molecule has 0 radical (unpaired) electrons. The van der Waals surface area contributed by atoms with Gasteiger partial charge in [0.15, 0.2) is 0 Å². The minimum absolute atomic E-state index is 0.0225. The van der Waals surface area contributed by atoms with Gasteiger partial charge in [-0.05, 0) is 38.5 Å². The molecule has 0 saturated carbocycles. The number of likely N-dealkylation sites (tertiary alicyclic amines) is 1. The molecule has 0 spiro atoms. The zero-order valence-corrected chi connectivity index (χ0v) is 16.0. The van der Waals surface area contributed by atoms with Gasteiger partial charge in [-0.15, -0.1) is 0 Å². The maximum Gasteiger partial charge on any atom is 0.317 e. The van der Waals surface area contributed by atoms with Gasteiger partial charge in [0.1, 0.15) is 0 Å². The van der Waals surface area contributed by atoms with E-state index >= 15 is 0 Å². The molecule has 0 bridgehead atoms. The lowest BCUT2D eigenvalue weighted by Gasteiger charge is -2.34. The van der Waals surface area contributed by atoms with Gasteiger partial charge < -0.3 is 20.2 Å². The van der Waals surface area contributed by atoms with Gasteiger partial charge >= 0.3 is 12.0 Å². The fourth-order valence-corrected chi connectivity index (χ4v) is 3.07. The lowest BCUT2D eigenvalue weighted by atomic mass is 9.94. The van der Waals surface area contributed by atoms with Gasteiger partial charge in [-0.25, -0.2) is 4.79 Å². The number of nitrogens with one attached hydrogen (secondary N) is 1. The molecule has 25 heavy (non-hydrogen) atoms. The highest BCUT2D eigenvalue weighted by molar-refractivity contribution is 5.78. The summed E-state index contributed by atoms with van der Waals surface area (Å²) in [6, 6.07) is -0.0849. The minimum Gasteiger partial charge on any atom is -0.481 e. The van der Waals surface area contributed by atoms with E-state index < -0.39 is 5.97 Å². The molecule has 1 unspecified atom stereocenters. The fourth-order valence-electron chi connectivity index (χ4n) is 3.07. The molecule has 3 amide bonds. The normalized spacial score (nSPS) is 17.7. The van der Waals surface area contributed by atoms with Gasteiger partial charge in [-0.2, -0.15) is 0 Å². The van der Waals surface area contributed by atoms with Crippen LogP contribution in [0.2, 0.25) is 0 Å². The van der Waals surface area contributed by atoms with Crippen molar-refractivity contribution in [2.24, 2.45) is 11.8 Å². The Morgan fingerprint density at radius 3 is 2.48 bits per heavy atom. The Hall–Kier alpha value is -1.79. The third kappa shape index (κ3) is 7.75. The zero-order chi connectivity index (χ0) is 19.0. The van der Waals surface area contributed by atoms with Gasteiger partial charge in [0.05, 0.1) is 6.42 Å². The van der Waals surface area contributed by atoms with E-state index in [0.29, 0.717) is 25.4 Å². The molecule has 1 aliphatic rings. The summed E-state index contributed by atoms with van der Waals surface area (Å²) < 4.78 is 0. The van der Waals surface area contributed by atoms with Crippen LogP contribution in [0.25, 0.3) is 0 Å². The first-order valence-corrected chi connectivity index (χ1v) is 9.24. The number of carbonyl (C=O) groups is 3. The van der Waals surface area contributed by atoms with Crippen molar-refractivity contribution in [3.8, 4) is 0 Å². The molecule has 1 aliphatic heterocycles. The van der Waals surface area contributed by atoms with E-state index in [4.69, 9.17) is 5.11 Å². The van der Waals surface area contributed by atoms with Crippen LogP contribution in [-0.2, 0) is 9.59 Å². The summed E-state index contributed by atoms with van der Waals surface area (Å²) in [6.45, 7) is 10.1. The number of piperidine rings is 1. The topological polar surface area (TPSA) is 90.0 Å². The molecule has 7 nitrogen and oxygen atoms in total. The predicted octanol–water partition coefficient (Wildman–Crippen LogP) is 2.17. The van der Waals surface area contributed by atoms with Gasteiger partial charge in [-0.3, -0.25) is 9.59 Å². The molecule has 1 saturated heterocycles. The quantitative estimate of drug-likeness (QED) is 0.698. The Balaban J connectivity index is 2.54. The van der Waals surface area contributed by atoms with Crippen LogP contribution in [0.3, 0.4) is 0 Å². The second-order valence-corrected chi connectivity index (χ2v) is 7.56. The number of carboxylic acid groups (broad SMARTS) is 1. The van der Waals surface area contributed by atoms with E-state index in [9.17, 15) is 14.4 Å². The number of carboxylic acids is 1. The Morgan fingerprint density at radius 2 is 1.92 bits per heavy atom. The molecule has 1 fully saturated rings. The standard InChI is InChI=1S/C18H33N3O4/c1-13(2)11-19-18(25)20-8-5-6-15(12-20)10-16(22)21(14(3)4)9-7-17(23)24/h13-15H,5-12H2,1-4H3,(H,19,25)(H,23,24). The molecule has 0 aromatic rings. The Bertz CT molecular complexity index is 465. The second-order valence-electron chi connectivity index (χ2n) is 7.56. The summed E-state index contributed by atoms with van der Waals surface area (Å²) in [6.07, 6.45) is 2.14. The van der Waals surface area contributed by atoms with Crippen molar-refractivity contribution >= 4 is 17.9 Å². The maximum atomic E-state index is 12.6. The highest BCUT2D eigenvalue weighted by Crippen LogP contribution is 2.21. The van der Waals surface area contributed by atoms with Crippen LogP contribution in [0.4, 0.5) is 4.79 Å². The lowest BCUT2D eigenvalue weighted by molar-refractivity contribution is -0.139. The Kier molecular flexibility index (Phi) is 8.72. The highest BCUT2D eigenvalue weighted by Gasteiger charge is 2.27. The monoisotopic (exact) mass is 355 g/mol. The zero-order valence-electron chi connectivity index (χ0n) is 16.0. The number of urea groups is 1. The fraction of sp³-hybridized carbons (Fsp3) is 0.833. The molecule has 0 aliphatic carbocycles. The summed E-state index contributed by atoms with van der Waals surface area (Å²) in [7, 11) is 0. The van der Waals surface area contributed by atoms with Crippen LogP contribution in [0, 0.1) is 11.8 Å². The first kappa shape index (κ1) is 21.3. The molecular weight excluding hydrogens is 322 g/mol. The van der Waals surface area contributed by atoms with Gasteiger partial charge in [0, 0.05) is 38.6 Å². The van der Waals surface area contributed by atoms with Crippen molar-refractivity contribution in [2.45, 2.75) is 59.4 Å². The molecule has 0 aromatic heterocycles. The summed E-state index contributed by atoms with van der Waals surface area (Å²) >= 11 is 0.